The van der Waals surface area contributed by atoms with Crippen LogP contribution in [0.25, 0.3) is 5.69 Å². The highest BCUT2D eigenvalue weighted by molar-refractivity contribution is 5.74. The molecular weight excluding hydrogens is 494 g/mol. The minimum absolute atomic E-state index is 0.0637. The molecule has 2 aromatic carbocycles. The monoisotopic (exact) mass is 528 g/mol. The van der Waals surface area contributed by atoms with Crippen LogP contribution in [0.1, 0.15) is 44.9 Å². The second-order valence-electron chi connectivity index (χ2n) is 9.49. The van der Waals surface area contributed by atoms with Gasteiger partial charge < -0.3 is 24.4 Å². The number of benzene rings is 2. The topological polar surface area (TPSA) is 77.8 Å². The summed E-state index contributed by atoms with van der Waals surface area (Å²) in [5, 5.41) is 7.73. The standard InChI is InChI=1S/C28H34F2N4O4/c1-5-25-23(17-33(28(35)31-18(2)3)16-22-7-6-14-37-22)27(38-26-13-8-19(29)15-24(26)30)34(32-25)20-9-11-21(36-4)12-10-20/h8-13,15,18,22H,5-7,14,16-17H2,1-4H3,(H,31,35)/t22-/m0/s1. The average molecular weight is 529 g/mol. The number of methoxy groups -OCH3 is 1. The van der Waals surface area contributed by atoms with Gasteiger partial charge in [0, 0.05) is 25.3 Å². The first-order valence-electron chi connectivity index (χ1n) is 12.8. The van der Waals surface area contributed by atoms with Crippen molar-refractivity contribution in [1.29, 1.82) is 0 Å². The molecule has 1 aliphatic heterocycles. The fourth-order valence-corrected chi connectivity index (χ4v) is 4.37. The van der Waals surface area contributed by atoms with Gasteiger partial charge in [0.25, 0.3) is 0 Å². The van der Waals surface area contributed by atoms with E-state index in [1.165, 1.54) is 6.07 Å². The van der Waals surface area contributed by atoms with Crippen LogP contribution in [0.15, 0.2) is 42.5 Å². The maximum atomic E-state index is 14.7. The summed E-state index contributed by atoms with van der Waals surface area (Å²) in [6.45, 7) is 6.96. The first kappa shape index (κ1) is 27.4. The van der Waals surface area contributed by atoms with E-state index in [-0.39, 0.29) is 36.4 Å². The van der Waals surface area contributed by atoms with Crippen molar-refractivity contribution in [3.8, 4) is 23.1 Å². The van der Waals surface area contributed by atoms with Crippen LogP contribution in [0.5, 0.6) is 17.4 Å². The smallest absolute Gasteiger partial charge is 0.317 e. The number of hydrogen-bond donors (Lipinski definition) is 1. The van der Waals surface area contributed by atoms with Crippen LogP contribution in [-0.2, 0) is 17.7 Å². The van der Waals surface area contributed by atoms with Crippen LogP contribution in [0.3, 0.4) is 0 Å². The van der Waals surface area contributed by atoms with Crippen LogP contribution in [0.4, 0.5) is 13.6 Å². The summed E-state index contributed by atoms with van der Waals surface area (Å²) in [7, 11) is 1.58. The van der Waals surface area contributed by atoms with Crippen molar-refractivity contribution >= 4 is 6.03 Å². The van der Waals surface area contributed by atoms with Crippen LogP contribution in [0, 0.1) is 11.6 Å². The molecule has 0 aliphatic carbocycles. The van der Waals surface area contributed by atoms with Gasteiger partial charge in [-0.25, -0.2) is 18.3 Å². The number of carbonyl (C=O) groups excluding carboxylic acids is 1. The number of halogens is 2. The van der Waals surface area contributed by atoms with Gasteiger partial charge in [0.05, 0.1) is 36.7 Å². The summed E-state index contributed by atoms with van der Waals surface area (Å²) in [6.07, 6.45) is 2.27. The van der Waals surface area contributed by atoms with Crippen molar-refractivity contribution in [3.63, 3.8) is 0 Å². The summed E-state index contributed by atoms with van der Waals surface area (Å²) in [4.78, 5) is 14.9. The number of urea groups is 1. The SMILES string of the molecule is CCc1nn(-c2ccc(OC)cc2)c(Oc2ccc(F)cc2F)c1CN(C[C@@H]1CCCO1)C(=O)NC(C)C. The lowest BCUT2D eigenvalue weighted by atomic mass is 10.1. The Bertz CT molecular complexity index is 1240. The van der Waals surface area contributed by atoms with E-state index in [1.807, 2.05) is 20.8 Å². The Hall–Kier alpha value is -3.66. The molecule has 10 heteroatoms. The highest BCUT2D eigenvalue weighted by Crippen LogP contribution is 2.34. The van der Waals surface area contributed by atoms with Gasteiger partial charge in [-0.3, -0.25) is 0 Å². The highest BCUT2D eigenvalue weighted by atomic mass is 19.1. The van der Waals surface area contributed by atoms with Crippen molar-refractivity contribution < 1.29 is 27.8 Å². The molecule has 204 valence electrons. The van der Waals surface area contributed by atoms with Gasteiger partial charge in [0.15, 0.2) is 11.6 Å². The highest BCUT2D eigenvalue weighted by Gasteiger charge is 2.28. The molecule has 8 nitrogen and oxygen atoms in total. The Labute approximate surface area is 221 Å². The minimum atomic E-state index is -0.842. The lowest BCUT2D eigenvalue weighted by molar-refractivity contribution is 0.0788. The lowest BCUT2D eigenvalue weighted by Crippen LogP contribution is -2.45. The third-order valence-electron chi connectivity index (χ3n) is 6.27. The molecule has 0 unspecified atom stereocenters. The van der Waals surface area contributed by atoms with Gasteiger partial charge in [0.2, 0.25) is 5.88 Å². The van der Waals surface area contributed by atoms with Gasteiger partial charge in [-0.2, -0.15) is 5.10 Å². The first-order chi connectivity index (χ1) is 18.3. The molecule has 1 aromatic heterocycles. The number of nitrogens with one attached hydrogen (secondary N) is 1. The van der Waals surface area contributed by atoms with Gasteiger partial charge in [-0.15, -0.1) is 0 Å². The van der Waals surface area contributed by atoms with E-state index in [9.17, 15) is 13.6 Å². The molecule has 2 heterocycles. The second-order valence-corrected chi connectivity index (χ2v) is 9.49. The molecule has 0 bridgehead atoms. The molecule has 1 fully saturated rings. The number of hydrogen-bond acceptors (Lipinski definition) is 5. The van der Waals surface area contributed by atoms with E-state index in [1.54, 1.807) is 41.0 Å². The Morgan fingerprint density at radius 2 is 2.00 bits per heavy atom. The van der Waals surface area contributed by atoms with Crippen molar-refractivity contribution in [3.05, 3.63) is 65.4 Å². The van der Waals surface area contributed by atoms with Gasteiger partial charge in [-0.05, 0) is 69.5 Å². The van der Waals surface area contributed by atoms with Crippen LogP contribution in [-0.4, -0.2) is 53.1 Å². The third-order valence-corrected chi connectivity index (χ3v) is 6.27. The molecule has 0 spiro atoms. The summed E-state index contributed by atoms with van der Waals surface area (Å²) >= 11 is 0. The van der Waals surface area contributed by atoms with Crippen LogP contribution >= 0.6 is 0 Å². The van der Waals surface area contributed by atoms with E-state index in [0.717, 1.165) is 25.0 Å². The maximum Gasteiger partial charge on any atom is 0.317 e. The van der Waals surface area contributed by atoms with Gasteiger partial charge in [-0.1, -0.05) is 6.92 Å². The van der Waals surface area contributed by atoms with Crippen molar-refractivity contribution in [1.82, 2.24) is 20.0 Å². The van der Waals surface area contributed by atoms with Crippen molar-refractivity contribution in [2.24, 2.45) is 0 Å². The summed E-state index contributed by atoms with van der Waals surface area (Å²) in [6, 6.07) is 10.0. The quantitative estimate of drug-likeness (QED) is 0.370. The Balaban J connectivity index is 1.79. The molecule has 2 amide bonds. The number of rotatable bonds is 10. The van der Waals surface area contributed by atoms with E-state index in [2.05, 4.69) is 5.32 Å². The largest absolute Gasteiger partial charge is 0.497 e. The fourth-order valence-electron chi connectivity index (χ4n) is 4.37. The summed E-state index contributed by atoms with van der Waals surface area (Å²) in [5.41, 5.74) is 1.97. The molecule has 38 heavy (non-hydrogen) atoms. The van der Waals surface area contributed by atoms with Crippen LogP contribution in [0.2, 0.25) is 0 Å². The molecule has 4 rings (SSSR count). The van der Waals surface area contributed by atoms with Crippen molar-refractivity contribution in [2.45, 2.75) is 58.7 Å². The van der Waals surface area contributed by atoms with Gasteiger partial charge >= 0.3 is 6.03 Å². The van der Waals surface area contributed by atoms with E-state index in [0.29, 0.717) is 42.3 Å². The zero-order chi connectivity index (χ0) is 27.2. The number of amides is 2. The molecule has 1 saturated heterocycles. The van der Waals surface area contributed by atoms with E-state index < -0.39 is 11.6 Å². The zero-order valence-electron chi connectivity index (χ0n) is 22.2. The molecule has 1 atom stereocenters. The summed E-state index contributed by atoms with van der Waals surface area (Å²) in [5.74, 6) is -0.794. The molecule has 3 aromatic rings. The van der Waals surface area contributed by atoms with E-state index in [4.69, 9.17) is 19.3 Å². The summed E-state index contributed by atoms with van der Waals surface area (Å²) < 4.78 is 47.0. The number of carbonyl (C=O) groups is 1. The normalized spacial score (nSPS) is 15.1. The third kappa shape index (κ3) is 6.42. The Morgan fingerprint density at radius 1 is 1.24 bits per heavy atom. The van der Waals surface area contributed by atoms with E-state index >= 15 is 0 Å². The zero-order valence-corrected chi connectivity index (χ0v) is 22.2. The Morgan fingerprint density at radius 3 is 2.61 bits per heavy atom. The van der Waals surface area contributed by atoms with Gasteiger partial charge in [0.1, 0.15) is 11.6 Å². The number of aryl methyl sites for hydroxylation is 1. The molecule has 0 radical (unpaired) electrons. The molecule has 1 aliphatic rings. The average Bonchev–Trinajstić information content (AvgIpc) is 3.53. The lowest BCUT2D eigenvalue weighted by Gasteiger charge is -2.27. The second kappa shape index (κ2) is 12.3. The predicted octanol–water partition coefficient (Wildman–Crippen LogP) is 5.61. The van der Waals surface area contributed by atoms with Crippen LogP contribution < -0.4 is 14.8 Å². The Kier molecular flexibility index (Phi) is 8.83. The molecular formula is C28H34F2N4O4. The first-order valence-corrected chi connectivity index (χ1v) is 12.8. The number of ether oxygens (including phenoxy) is 3. The fraction of sp³-hybridized carbons (Fsp3) is 0.429. The number of nitrogens with zero attached hydrogens (tertiary/aromatic N) is 3. The predicted molar refractivity (Wildman–Crippen MR) is 139 cm³/mol. The van der Waals surface area contributed by atoms with Crippen molar-refractivity contribution in [2.75, 3.05) is 20.3 Å². The number of aromatic nitrogens is 2. The molecule has 0 saturated carbocycles. The maximum absolute atomic E-state index is 14.7. The minimum Gasteiger partial charge on any atom is -0.497 e. The molecule has 1 N–H and O–H groups in total.